The van der Waals surface area contributed by atoms with E-state index in [4.69, 9.17) is 4.74 Å². The zero-order valence-electron chi connectivity index (χ0n) is 18.6. The van der Waals surface area contributed by atoms with E-state index in [-0.39, 0.29) is 11.8 Å². The number of benzene rings is 1. The van der Waals surface area contributed by atoms with Crippen molar-refractivity contribution in [3.8, 4) is 11.4 Å². The van der Waals surface area contributed by atoms with Crippen molar-refractivity contribution in [2.45, 2.75) is 24.7 Å². The lowest BCUT2D eigenvalue weighted by molar-refractivity contribution is 0.0883. The normalized spacial score (nSPS) is 19.4. The van der Waals surface area contributed by atoms with Gasteiger partial charge in [0.25, 0.3) is 0 Å². The third-order valence-electron chi connectivity index (χ3n) is 5.59. The largest absolute Gasteiger partial charge is 0.391 e. The number of urea groups is 1. The number of amides is 2. The molecule has 2 amide bonds. The van der Waals surface area contributed by atoms with Crippen LogP contribution < -0.4 is 10.2 Å². The highest BCUT2D eigenvalue weighted by Crippen LogP contribution is 2.24. The molecule has 1 unspecified atom stereocenters. The summed E-state index contributed by atoms with van der Waals surface area (Å²) >= 11 is 0. The van der Waals surface area contributed by atoms with Crippen molar-refractivity contribution in [1.82, 2.24) is 14.9 Å². The first-order valence-electron chi connectivity index (χ1n) is 11.0. The molecule has 1 aromatic carbocycles. The van der Waals surface area contributed by atoms with Crippen molar-refractivity contribution in [3.05, 3.63) is 36.0 Å². The molecule has 1 aromatic heterocycles. The minimum Gasteiger partial charge on any atom is -0.391 e. The van der Waals surface area contributed by atoms with Crippen molar-refractivity contribution < 1.29 is 23.1 Å². The average Bonchev–Trinajstić information content (AvgIpc) is 2.79. The predicted octanol–water partition coefficient (Wildman–Crippen LogP) is 1.51. The molecule has 10 nitrogen and oxygen atoms in total. The number of likely N-dealkylation sites (tertiary alicyclic amines) is 1. The fourth-order valence-electron chi connectivity index (χ4n) is 3.95. The summed E-state index contributed by atoms with van der Waals surface area (Å²) in [4.78, 5) is 25.3. The quantitative estimate of drug-likeness (QED) is 0.667. The molecule has 0 aliphatic carbocycles. The summed E-state index contributed by atoms with van der Waals surface area (Å²) < 4.78 is 29.2. The second-order valence-electron chi connectivity index (χ2n) is 8.46. The fraction of sp³-hybridized carbons (Fsp3) is 0.500. The first-order valence-corrected chi connectivity index (χ1v) is 13.1. The van der Waals surface area contributed by atoms with Crippen LogP contribution >= 0.6 is 0 Å². The molecule has 33 heavy (non-hydrogen) atoms. The smallest absolute Gasteiger partial charge is 0.321 e. The number of hydrogen-bond donors (Lipinski definition) is 2. The summed E-state index contributed by atoms with van der Waals surface area (Å²) in [7, 11) is -3.26. The third kappa shape index (κ3) is 6.40. The summed E-state index contributed by atoms with van der Waals surface area (Å²) in [5.41, 5.74) is 1.76. The van der Waals surface area contributed by atoms with Gasteiger partial charge in [0.2, 0.25) is 0 Å². The van der Waals surface area contributed by atoms with Crippen LogP contribution in [-0.2, 0) is 20.3 Å². The number of hydrogen-bond acceptors (Lipinski definition) is 8. The van der Waals surface area contributed by atoms with E-state index in [2.05, 4.69) is 20.2 Å². The molecule has 2 saturated heterocycles. The van der Waals surface area contributed by atoms with Gasteiger partial charge in [-0.1, -0.05) is 0 Å². The van der Waals surface area contributed by atoms with Gasteiger partial charge in [-0.3, -0.25) is 0 Å². The van der Waals surface area contributed by atoms with Crippen LogP contribution in [0.4, 0.5) is 16.3 Å². The summed E-state index contributed by atoms with van der Waals surface area (Å²) in [6, 6.07) is 8.58. The number of nitrogens with one attached hydrogen (secondary N) is 1. The predicted molar refractivity (Wildman–Crippen MR) is 125 cm³/mol. The van der Waals surface area contributed by atoms with Crippen LogP contribution in [0.2, 0.25) is 0 Å². The second kappa shape index (κ2) is 10.0. The molecule has 178 valence electrons. The number of nitrogens with zero attached hydrogens (tertiary/aromatic N) is 4. The molecule has 1 atom stereocenters. The first kappa shape index (κ1) is 23.4. The van der Waals surface area contributed by atoms with Crippen molar-refractivity contribution in [1.29, 1.82) is 0 Å². The molecule has 4 rings (SSSR count). The lowest BCUT2D eigenvalue weighted by Gasteiger charge is -2.30. The molecule has 3 heterocycles. The standard InChI is InChI=1S/C22H29N5O5S/c1-33(30,31)15-18-13-20(26-9-11-32-12-10-26)25-21(23-18)16-4-6-17(7-5-16)24-22(29)27-8-2-3-19(28)14-27/h4-7,13,19,28H,2-3,8-12,14-15H2,1H3,(H,24,29). The van der Waals surface area contributed by atoms with Crippen LogP contribution in [0.25, 0.3) is 11.4 Å². The number of ether oxygens (including phenoxy) is 1. The lowest BCUT2D eigenvalue weighted by atomic mass is 10.1. The fourth-order valence-corrected chi connectivity index (χ4v) is 4.64. The van der Waals surface area contributed by atoms with E-state index in [0.717, 1.165) is 6.42 Å². The second-order valence-corrected chi connectivity index (χ2v) is 10.6. The number of morpholine rings is 1. The Hall–Kier alpha value is -2.76. The molecule has 0 saturated carbocycles. The molecule has 0 spiro atoms. The molecule has 0 radical (unpaired) electrons. The number of aliphatic hydroxyl groups is 1. The van der Waals surface area contributed by atoms with E-state index in [9.17, 15) is 18.3 Å². The van der Waals surface area contributed by atoms with Crippen LogP contribution in [0, 0.1) is 0 Å². The van der Waals surface area contributed by atoms with Crippen LogP contribution in [0.5, 0.6) is 0 Å². The van der Waals surface area contributed by atoms with Gasteiger partial charge in [-0.05, 0) is 37.1 Å². The van der Waals surface area contributed by atoms with Gasteiger partial charge in [-0.15, -0.1) is 0 Å². The van der Waals surface area contributed by atoms with Gasteiger partial charge in [-0.25, -0.2) is 23.2 Å². The van der Waals surface area contributed by atoms with E-state index in [1.54, 1.807) is 35.2 Å². The number of β-amino-alcohol motifs (C(OH)–C–C–N with tert-alkyl or cyclic N) is 1. The Morgan fingerprint density at radius 1 is 1.18 bits per heavy atom. The molecule has 2 fully saturated rings. The summed E-state index contributed by atoms with van der Waals surface area (Å²) in [5, 5.41) is 12.6. The maximum absolute atomic E-state index is 12.5. The Bertz CT molecular complexity index is 1090. The Labute approximate surface area is 193 Å². The highest BCUT2D eigenvalue weighted by molar-refractivity contribution is 7.89. The van der Waals surface area contributed by atoms with Crippen LogP contribution in [-0.4, -0.2) is 86.2 Å². The zero-order valence-corrected chi connectivity index (χ0v) is 19.4. The number of aromatic nitrogens is 2. The van der Waals surface area contributed by atoms with E-state index < -0.39 is 15.9 Å². The van der Waals surface area contributed by atoms with E-state index in [1.165, 1.54) is 6.26 Å². The Balaban J connectivity index is 1.54. The number of anilines is 2. The summed E-state index contributed by atoms with van der Waals surface area (Å²) in [6.07, 6.45) is 2.19. The van der Waals surface area contributed by atoms with E-state index in [1.807, 2.05) is 0 Å². The molecular weight excluding hydrogens is 446 g/mol. The molecule has 11 heteroatoms. The number of rotatable bonds is 5. The average molecular weight is 476 g/mol. The first-order chi connectivity index (χ1) is 15.8. The minimum absolute atomic E-state index is 0.171. The van der Waals surface area contributed by atoms with Gasteiger partial charge >= 0.3 is 6.03 Å². The topological polar surface area (TPSA) is 125 Å². The van der Waals surface area contributed by atoms with Gasteiger partial charge in [0, 0.05) is 49.8 Å². The van der Waals surface area contributed by atoms with Gasteiger partial charge in [0.05, 0.1) is 30.8 Å². The number of sulfone groups is 1. The van der Waals surface area contributed by atoms with Gasteiger partial charge in [0.1, 0.15) is 5.82 Å². The highest BCUT2D eigenvalue weighted by Gasteiger charge is 2.22. The molecule has 2 aliphatic heterocycles. The van der Waals surface area contributed by atoms with Crippen molar-refractivity contribution >= 4 is 27.4 Å². The lowest BCUT2D eigenvalue weighted by Crippen LogP contribution is -2.44. The number of piperidine rings is 1. The van der Waals surface area contributed by atoms with Gasteiger partial charge in [-0.2, -0.15) is 0 Å². The summed E-state index contributed by atoms with van der Waals surface area (Å²) in [6.45, 7) is 3.46. The number of carbonyl (C=O) groups excluding carboxylic acids is 1. The van der Waals surface area contributed by atoms with Gasteiger partial charge in [0.15, 0.2) is 15.7 Å². The van der Waals surface area contributed by atoms with Crippen molar-refractivity contribution in [2.24, 2.45) is 0 Å². The third-order valence-corrected chi connectivity index (χ3v) is 6.41. The monoisotopic (exact) mass is 475 g/mol. The highest BCUT2D eigenvalue weighted by atomic mass is 32.2. The Morgan fingerprint density at radius 3 is 2.58 bits per heavy atom. The Morgan fingerprint density at radius 2 is 1.91 bits per heavy atom. The van der Waals surface area contributed by atoms with E-state index >= 15 is 0 Å². The maximum Gasteiger partial charge on any atom is 0.321 e. The zero-order chi connectivity index (χ0) is 23.4. The SMILES string of the molecule is CS(=O)(=O)Cc1cc(N2CCOCC2)nc(-c2ccc(NC(=O)N3CCCC(O)C3)cc2)n1. The minimum atomic E-state index is -3.26. The van der Waals surface area contributed by atoms with Gasteiger partial charge < -0.3 is 25.0 Å². The molecular formula is C22H29N5O5S. The number of aliphatic hydroxyl groups excluding tert-OH is 1. The van der Waals surface area contributed by atoms with Crippen LogP contribution in [0.15, 0.2) is 30.3 Å². The summed E-state index contributed by atoms with van der Waals surface area (Å²) in [5.74, 6) is 0.924. The Kier molecular flexibility index (Phi) is 7.11. The van der Waals surface area contributed by atoms with Crippen LogP contribution in [0.3, 0.4) is 0 Å². The molecule has 2 aliphatic rings. The van der Waals surface area contributed by atoms with Crippen molar-refractivity contribution in [3.63, 3.8) is 0 Å². The van der Waals surface area contributed by atoms with E-state index in [0.29, 0.717) is 74.4 Å². The molecule has 0 bridgehead atoms. The number of carbonyl (C=O) groups is 1. The van der Waals surface area contributed by atoms with Crippen LogP contribution in [0.1, 0.15) is 18.5 Å². The molecule has 2 aromatic rings. The molecule has 2 N–H and O–H groups in total. The van der Waals surface area contributed by atoms with Crippen molar-refractivity contribution in [2.75, 3.05) is 55.9 Å². The maximum atomic E-state index is 12.5.